The second-order valence-corrected chi connectivity index (χ2v) is 6.33. The molecule has 8 nitrogen and oxygen atoms in total. The lowest BCUT2D eigenvalue weighted by Crippen LogP contribution is -2.21. The molecule has 3 aromatic heterocycles. The Morgan fingerprint density at radius 1 is 1.44 bits per heavy atom. The van der Waals surface area contributed by atoms with Gasteiger partial charge in [0.1, 0.15) is 11.5 Å². The minimum absolute atomic E-state index is 0.202. The summed E-state index contributed by atoms with van der Waals surface area (Å²) in [6.07, 6.45) is 2.95. The molecule has 0 saturated carbocycles. The van der Waals surface area contributed by atoms with Crippen LogP contribution in [0, 0.1) is 6.92 Å². The maximum absolute atomic E-state index is 12.3. The second kappa shape index (κ2) is 8.22. The summed E-state index contributed by atoms with van der Waals surface area (Å²) in [6, 6.07) is 5.17. The number of H-pyrrole nitrogens is 1. The van der Waals surface area contributed by atoms with Gasteiger partial charge in [-0.3, -0.25) is 14.6 Å². The second-order valence-electron chi connectivity index (χ2n) is 5.95. The zero-order chi connectivity index (χ0) is 19.4. The van der Waals surface area contributed by atoms with E-state index in [1.165, 1.54) is 10.9 Å². The lowest BCUT2D eigenvalue weighted by molar-refractivity contribution is -0.116. The van der Waals surface area contributed by atoms with Crippen molar-refractivity contribution < 1.29 is 9.21 Å². The van der Waals surface area contributed by atoms with Crippen molar-refractivity contribution in [3.8, 4) is 17.4 Å². The Balaban J connectivity index is 2.05. The van der Waals surface area contributed by atoms with Crippen molar-refractivity contribution in [1.29, 1.82) is 0 Å². The Labute approximate surface area is 160 Å². The molecule has 9 heteroatoms. The molecule has 2 N–H and O–H groups in total. The summed E-state index contributed by atoms with van der Waals surface area (Å²) in [4.78, 5) is 31.6. The van der Waals surface area contributed by atoms with Gasteiger partial charge in [-0.25, -0.2) is 4.98 Å². The summed E-state index contributed by atoms with van der Waals surface area (Å²) in [7, 11) is 0. The third-order valence-electron chi connectivity index (χ3n) is 4.05. The van der Waals surface area contributed by atoms with Gasteiger partial charge in [-0.05, 0) is 31.9 Å². The highest BCUT2D eigenvalue weighted by Crippen LogP contribution is 2.24. The van der Waals surface area contributed by atoms with E-state index in [0.717, 1.165) is 0 Å². The number of anilines is 1. The zero-order valence-corrected chi connectivity index (χ0v) is 15.8. The number of carbonyl (C=O) groups excluding carboxylic acids is 1. The molecule has 0 spiro atoms. The Hall–Kier alpha value is -2.87. The van der Waals surface area contributed by atoms with E-state index in [0.29, 0.717) is 47.3 Å². The molecule has 0 atom stereocenters. The predicted molar refractivity (Wildman–Crippen MR) is 102 cm³/mol. The molecule has 142 valence electrons. The van der Waals surface area contributed by atoms with E-state index in [1.807, 2.05) is 6.92 Å². The molecule has 3 aromatic rings. The van der Waals surface area contributed by atoms with Crippen molar-refractivity contribution in [1.82, 2.24) is 19.7 Å². The first-order valence-corrected chi connectivity index (χ1v) is 9.16. The summed E-state index contributed by atoms with van der Waals surface area (Å²) in [5.74, 6) is 1.34. The van der Waals surface area contributed by atoms with E-state index in [2.05, 4.69) is 20.4 Å². The van der Waals surface area contributed by atoms with Gasteiger partial charge in [0.15, 0.2) is 5.76 Å². The number of rotatable bonds is 7. The molecule has 0 aliphatic carbocycles. The quantitative estimate of drug-likeness (QED) is 0.604. The minimum Gasteiger partial charge on any atom is -0.463 e. The van der Waals surface area contributed by atoms with Gasteiger partial charge < -0.3 is 9.73 Å². The van der Waals surface area contributed by atoms with Crippen LogP contribution in [0.25, 0.3) is 17.4 Å². The lowest BCUT2D eigenvalue weighted by atomic mass is 10.2. The highest BCUT2D eigenvalue weighted by atomic mass is 35.5. The molecule has 3 rings (SSSR count). The van der Waals surface area contributed by atoms with E-state index < -0.39 is 0 Å². The maximum Gasteiger partial charge on any atom is 0.255 e. The van der Waals surface area contributed by atoms with Crippen LogP contribution >= 0.6 is 11.6 Å². The van der Waals surface area contributed by atoms with Gasteiger partial charge in [-0.1, -0.05) is 6.92 Å². The average molecular weight is 390 g/mol. The fourth-order valence-electron chi connectivity index (χ4n) is 2.72. The molecule has 0 saturated heterocycles. The molecule has 0 aliphatic heterocycles. The molecule has 0 radical (unpaired) electrons. The van der Waals surface area contributed by atoms with Crippen LogP contribution in [0.5, 0.6) is 0 Å². The molecule has 0 unspecified atom stereocenters. The highest BCUT2D eigenvalue weighted by molar-refractivity contribution is 6.18. The van der Waals surface area contributed by atoms with Gasteiger partial charge in [-0.15, -0.1) is 11.6 Å². The van der Waals surface area contributed by atoms with Crippen molar-refractivity contribution in [3.05, 3.63) is 46.1 Å². The largest absolute Gasteiger partial charge is 0.463 e. The smallest absolute Gasteiger partial charge is 0.255 e. The van der Waals surface area contributed by atoms with Crippen molar-refractivity contribution in [2.24, 2.45) is 0 Å². The summed E-state index contributed by atoms with van der Waals surface area (Å²) < 4.78 is 6.77. The highest BCUT2D eigenvalue weighted by Gasteiger charge is 2.17. The van der Waals surface area contributed by atoms with E-state index in [-0.39, 0.29) is 23.8 Å². The van der Waals surface area contributed by atoms with Gasteiger partial charge >= 0.3 is 0 Å². The van der Waals surface area contributed by atoms with E-state index in [9.17, 15) is 9.59 Å². The number of hydrogen-bond acceptors (Lipinski definition) is 5. The van der Waals surface area contributed by atoms with Gasteiger partial charge in [0.25, 0.3) is 5.56 Å². The van der Waals surface area contributed by atoms with Crippen LogP contribution < -0.4 is 10.9 Å². The van der Waals surface area contributed by atoms with Crippen molar-refractivity contribution in [2.75, 3.05) is 11.2 Å². The third kappa shape index (κ3) is 4.11. The van der Waals surface area contributed by atoms with Crippen LogP contribution in [-0.2, 0) is 11.2 Å². The number of aromatic amines is 1. The van der Waals surface area contributed by atoms with Crippen LogP contribution in [-0.4, -0.2) is 31.5 Å². The Morgan fingerprint density at radius 2 is 2.26 bits per heavy atom. The summed E-state index contributed by atoms with van der Waals surface area (Å²) in [6.45, 7) is 3.66. The molecule has 0 bridgehead atoms. The van der Waals surface area contributed by atoms with Crippen LogP contribution in [0.1, 0.15) is 31.0 Å². The number of halogens is 1. The normalized spacial score (nSPS) is 10.9. The molecular weight excluding hydrogens is 370 g/mol. The van der Waals surface area contributed by atoms with Gasteiger partial charge in [0.05, 0.1) is 6.26 Å². The molecule has 3 heterocycles. The Kier molecular flexibility index (Phi) is 5.75. The third-order valence-corrected chi connectivity index (χ3v) is 4.32. The van der Waals surface area contributed by atoms with Crippen LogP contribution in [0.3, 0.4) is 0 Å². The Morgan fingerprint density at radius 3 is 2.89 bits per heavy atom. The van der Waals surface area contributed by atoms with Gasteiger partial charge in [-0.2, -0.15) is 9.78 Å². The van der Waals surface area contributed by atoms with Crippen molar-refractivity contribution >= 4 is 23.3 Å². The minimum atomic E-state index is -0.227. The number of nitrogens with one attached hydrogen (secondary N) is 2. The topological polar surface area (TPSA) is 106 Å². The van der Waals surface area contributed by atoms with Gasteiger partial charge in [0, 0.05) is 29.6 Å². The van der Waals surface area contributed by atoms with Crippen LogP contribution in [0.15, 0.2) is 33.7 Å². The first-order valence-electron chi connectivity index (χ1n) is 8.63. The first-order chi connectivity index (χ1) is 13.0. The molecule has 0 aliphatic rings. The van der Waals surface area contributed by atoms with Crippen LogP contribution in [0.4, 0.5) is 5.82 Å². The lowest BCUT2D eigenvalue weighted by Gasteiger charge is -2.09. The first kappa shape index (κ1) is 18.9. The monoisotopic (exact) mass is 389 g/mol. The van der Waals surface area contributed by atoms with Crippen molar-refractivity contribution in [3.63, 3.8) is 0 Å². The number of alkyl halides is 1. The maximum atomic E-state index is 12.3. The SMILES string of the molecule is CCc1c(C)nc(-n2nc(-c3ccco3)cc2NC(=O)CCCCl)[nH]c1=O. The number of hydrogen-bond donors (Lipinski definition) is 2. The fraction of sp³-hybridized carbons (Fsp3) is 0.333. The predicted octanol–water partition coefficient (Wildman–Crippen LogP) is 3.04. The number of amides is 1. The average Bonchev–Trinajstić information content (AvgIpc) is 3.29. The summed E-state index contributed by atoms with van der Waals surface area (Å²) in [5, 5.41) is 7.24. The number of carbonyl (C=O) groups is 1. The molecule has 1 amide bonds. The molecule has 0 fully saturated rings. The fourth-order valence-corrected chi connectivity index (χ4v) is 2.85. The molecule has 27 heavy (non-hydrogen) atoms. The van der Waals surface area contributed by atoms with Crippen molar-refractivity contribution in [2.45, 2.75) is 33.1 Å². The summed E-state index contributed by atoms with van der Waals surface area (Å²) in [5.41, 5.74) is 1.51. The molecular formula is C18H20ClN5O3. The van der Waals surface area contributed by atoms with E-state index in [1.54, 1.807) is 25.1 Å². The van der Waals surface area contributed by atoms with Gasteiger partial charge in [0.2, 0.25) is 11.9 Å². The van der Waals surface area contributed by atoms with Crippen LogP contribution in [0.2, 0.25) is 0 Å². The number of aromatic nitrogens is 4. The number of nitrogens with zero attached hydrogens (tertiary/aromatic N) is 3. The summed E-state index contributed by atoms with van der Waals surface area (Å²) >= 11 is 5.65. The zero-order valence-electron chi connectivity index (χ0n) is 15.1. The van der Waals surface area contributed by atoms with E-state index in [4.69, 9.17) is 16.0 Å². The number of aryl methyl sites for hydroxylation is 1. The molecule has 0 aromatic carbocycles. The van der Waals surface area contributed by atoms with E-state index >= 15 is 0 Å². The standard InChI is InChI=1S/C18H20ClN5O3/c1-3-12-11(2)20-18(22-17(12)26)24-15(21-16(25)7-4-8-19)10-13(23-24)14-6-5-9-27-14/h5-6,9-10H,3-4,7-8H2,1-2H3,(H,21,25)(H,20,22,26). The Bertz CT molecular complexity index is 991. The number of furan rings is 1.